The standard InChI is InChI=1S/C13H21BrN2O2S/c1-4-15-9-11(2)19(17,18)16(3)10-12-5-7-13(14)8-6-12/h5-8,11,15H,4,9-10H2,1-3H3. The van der Waals surface area contributed by atoms with Crippen LogP contribution in [0.4, 0.5) is 0 Å². The first-order chi connectivity index (χ1) is 8.87. The molecule has 0 aliphatic carbocycles. The number of rotatable bonds is 7. The summed E-state index contributed by atoms with van der Waals surface area (Å²) < 4.78 is 27.0. The molecule has 19 heavy (non-hydrogen) atoms. The van der Waals surface area contributed by atoms with Crippen LogP contribution in [-0.4, -0.2) is 38.1 Å². The van der Waals surface area contributed by atoms with Crippen molar-refractivity contribution in [3.05, 3.63) is 34.3 Å². The van der Waals surface area contributed by atoms with E-state index < -0.39 is 15.3 Å². The third-order valence-electron chi connectivity index (χ3n) is 2.94. The first-order valence-electron chi connectivity index (χ1n) is 6.28. The van der Waals surface area contributed by atoms with Crippen LogP contribution in [0.5, 0.6) is 0 Å². The zero-order valence-electron chi connectivity index (χ0n) is 11.6. The summed E-state index contributed by atoms with van der Waals surface area (Å²) in [6.07, 6.45) is 0. The van der Waals surface area contributed by atoms with Gasteiger partial charge in [0.15, 0.2) is 0 Å². The molecule has 0 heterocycles. The third kappa shape index (κ3) is 4.87. The van der Waals surface area contributed by atoms with E-state index in [1.807, 2.05) is 31.2 Å². The molecule has 0 bridgehead atoms. The molecule has 1 aromatic rings. The maximum Gasteiger partial charge on any atom is 0.218 e. The van der Waals surface area contributed by atoms with Crippen molar-refractivity contribution >= 4 is 26.0 Å². The number of hydrogen-bond donors (Lipinski definition) is 1. The van der Waals surface area contributed by atoms with Gasteiger partial charge in [-0.25, -0.2) is 12.7 Å². The molecule has 0 fully saturated rings. The molecule has 0 amide bonds. The molecule has 6 heteroatoms. The van der Waals surface area contributed by atoms with E-state index in [0.29, 0.717) is 13.1 Å². The molecule has 1 rings (SSSR count). The highest BCUT2D eigenvalue weighted by atomic mass is 79.9. The fraction of sp³-hybridized carbons (Fsp3) is 0.538. The van der Waals surface area contributed by atoms with Crippen molar-refractivity contribution in [2.24, 2.45) is 0 Å². The molecule has 108 valence electrons. The zero-order chi connectivity index (χ0) is 14.5. The Morgan fingerprint density at radius 3 is 2.42 bits per heavy atom. The summed E-state index contributed by atoms with van der Waals surface area (Å²) in [4.78, 5) is 0. The van der Waals surface area contributed by atoms with Gasteiger partial charge < -0.3 is 5.32 Å². The average Bonchev–Trinajstić information content (AvgIpc) is 2.38. The second kappa shape index (κ2) is 7.38. The number of sulfonamides is 1. The van der Waals surface area contributed by atoms with E-state index in [1.165, 1.54) is 4.31 Å². The number of hydrogen-bond acceptors (Lipinski definition) is 3. The van der Waals surface area contributed by atoms with Gasteiger partial charge in [0.2, 0.25) is 10.0 Å². The molecule has 1 N–H and O–H groups in total. The van der Waals surface area contributed by atoms with Crippen molar-refractivity contribution < 1.29 is 8.42 Å². The van der Waals surface area contributed by atoms with E-state index in [0.717, 1.165) is 16.6 Å². The first kappa shape index (κ1) is 16.6. The molecular formula is C13H21BrN2O2S. The maximum absolute atomic E-state index is 12.3. The summed E-state index contributed by atoms with van der Waals surface area (Å²) in [5, 5.41) is 2.65. The fourth-order valence-corrected chi connectivity index (χ4v) is 3.23. The summed E-state index contributed by atoms with van der Waals surface area (Å²) in [5.41, 5.74) is 0.977. The van der Waals surface area contributed by atoms with Crippen LogP contribution in [0.25, 0.3) is 0 Å². The van der Waals surface area contributed by atoms with Gasteiger partial charge >= 0.3 is 0 Å². The van der Waals surface area contributed by atoms with Gasteiger partial charge in [-0.05, 0) is 31.2 Å². The lowest BCUT2D eigenvalue weighted by atomic mass is 10.2. The van der Waals surface area contributed by atoms with E-state index in [1.54, 1.807) is 14.0 Å². The normalized spacial score (nSPS) is 13.7. The Balaban J connectivity index is 2.70. The minimum atomic E-state index is -3.26. The molecule has 0 saturated heterocycles. The molecule has 1 atom stereocenters. The van der Waals surface area contributed by atoms with Crippen LogP contribution in [0, 0.1) is 0 Å². The minimum absolute atomic E-state index is 0.395. The maximum atomic E-state index is 12.3. The van der Waals surface area contributed by atoms with Crippen LogP contribution >= 0.6 is 15.9 Å². The number of nitrogens with one attached hydrogen (secondary N) is 1. The van der Waals surface area contributed by atoms with E-state index in [2.05, 4.69) is 21.2 Å². The predicted octanol–water partition coefficient (Wildman–Crippen LogP) is 2.21. The van der Waals surface area contributed by atoms with Gasteiger partial charge in [-0.3, -0.25) is 0 Å². The van der Waals surface area contributed by atoms with Gasteiger partial charge in [0, 0.05) is 24.6 Å². The van der Waals surface area contributed by atoms with E-state index in [9.17, 15) is 8.42 Å². The SMILES string of the molecule is CCNCC(C)S(=O)(=O)N(C)Cc1ccc(Br)cc1. The third-order valence-corrected chi connectivity index (χ3v) is 5.65. The average molecular weight is 349 g/mol. The summed E-state index contributed by atoms with van der Waals surface area (Å²) in [5.74, 6) is 0. The molecule has 1 aromatic carbocycles. The molecule has 4 nitrogen and oxygen atoms in total. The molecule has 0 aliphatic rings. The molecule has 0 aromatic heterocycles. The Hall–Kier alpha value is -0.430. The van der Waals surface area contributed by atoms with Gasteiger partial charge in [-0.15, -0.1) is 0 Å². The highest BCUT2D eigenvalue weighted by Crippen LogP contribution is 2.14. The van der Waals surface area contributed by atoms with Crippen LogP contribution < -0.4 is 5.32 Å². The van der Waals surface area contributed by atoms with Crippen LogP contribution in [0.2, 0.25) is 0 Å². The summed E-state index contributed by atoms with van der Waals surface area (Å²) in [7, 11) is -1.64. The van der Waals surface area contributed by atoms with Crippen LogP contribution in [0.15, 0.2) is 28.7 Å². The Kier molecular flexibility index (Phi) is 6.46. The monoisotopic (exact) mass is 348 g/mol. The highest BCUT2D eigenvalue weighted by Gasteiger charge is 2.25. The Morgan fingerprint density at radius 1 is 1.32 bits per heavy atom. The molecule has 0 spiro atoms. The molecule has 0 radical (unpaired) electrons. The van der Waals surface area contributed by atoms with Gasteiger partial charge in [-0.2, -0.15) is 0 Å². The van der Waals surface area contributed by atoms with Gasteiger partial charge in [0.05, 0.1) is 5.25 Å². The van der Waals surface area contributed by atoms with E-state index in [4.69, 9.17) is 0 Å². The lowest BCUT2D eigenvalue weighted by Gasteiger charge is -2.22. The van der Waals surface area contributed by atoms with Crippen molar-refractivity contribution in [2.45, 2.75) is 25.6 Å². The summed E-state index contributed by atoms with van der Waals surface area (Å²) in [6, 6.07) is 7.67. The topological polar surface area (TPSA) is 49.4 Å². The molecule has 0 aliphatic heterocycles. The number of halogens is 1. The van der Waals surface area contributed by atoms with Crippen molar-refractivity contribution in [3.63, 3.8) is 0 Å². The van der Waals surface area contributed by atoms with Gasteiger partial charge in [-0.1, -0.05) is 35.0 Å². The van der Waals surface area contributed by atoms with Gasteiger partial charge in [0.1, 0.15) is 0 Å². The molecule has 1 unspecified atom stereocenters. The van der Waals surface area contributed by atoms with E-state index >= 15 is 0 Å². The predicted molar refractivity (Wildman–Crippen MR) is 82.5 cm³/mol. The van der Waals surface area contributed by atoms with E-state index in [-0.39, 0.29) is 0 Å². The quantitative estimate of drug-likeness (QED) is 0.821. The lowest BCUT2D eigenvalue weighted by molar-refractivity contribution is 0.454. The second-order valence-corrected chi connectivity index (χ2v) is 7.92. The van der Waals surface area contributed by atoms with Gasteiger partial charge in [0.25, 0.3) is 0 Å². The summed E-state index contributed by atoms with van der Waals surface area (Å²) in [6.45, 7) is 5.34. The van der Waals surface area contributed by atoms with Crippen molar-refractivity contribution in [2.75, 3.05) is 20.1 Å². The second-order valence-electron chi connectivity index (χ2n) is 4.55. The smallest absolute Gasteiger partial charge is 0.218 e. The van der Waals surface area contributed by atoms with Crippen molar-refractivity contribution in [3.8, 4) is 0 Å². The van der Waals surface area contributed by atoms with Crippen LogP contribution in [0.1, 0.15) is 19.4 Å². The van der Waals surface area contributed by atoms with Crippen LogP contribution in [-0.2, 0) is 16.6 Å². The number of nitrogens with zero attached hydrogens (tertiary/aromatic N) is 1. The molecular weight excluding hydrogens is 328 g/mol. The fourth-order valence-electron chi connectivity index (χ4n) is 1.70. The highest BCUT2D eigenvalue weighted by molar-refractivity contribution is 9.10. The largest absolute Gasteiger partial charge is 0.316 e. The van der Waals surface area contributed by atoms with Crippen molar-refractivity contribution in [1.29, 1.82) is 0 Å². The minimum Gasteiger partial charge on any atom is -0.316 e. The Morgan fingerprint density at radius 2 is 1.89 bits per heavy atom. The van der Waals surface area contributed by atoms with Crippen molar-refractivity contribution in [1.82, 2.24) is 9.62 Å². The Labute approximate surface area is 124 Å². The van der Waals surface area contributed by atoms with Crippen LogP contribution in [0.3, 0.4) is 0 Å². The number of benzene rings is 1. The lowest BCUT2D eigenvalue weighted by Crippen LogP contribution is -2.39. The summed E-state index contributed by atoms with van der Waals surface area (Å²) >= 11 is 3.36. The zero-order valence-corrected chi connectivity index (χ0v) is 14.0. The Bertz CT molecular complexity index is 488. The molecule has 0 saturated carbocycles. The first-order valence-corrected chi connectivity index (χ1v) is 8.57.